The highest BCUT2D eigenvalue weighted by atomic mass is 16.6. The van der Waals surface area contributed by atoms with Crippen molar-refractivity contribution < 1.29 is 33.4 Å². The minimum absolute atomic E-state index is 0.0747. The van der Waals surface area contributed by atoms with Crippen LogP contribution in [0.15, 0.2) is 66.7 Å². The second-order valence-electron chi connectivity index (χ2n) is 7.73. The molecule has 3 aromatic rings. The zero-order valence-electron chi connectivity index (χ0n) is 18.9. The first-order chi connectivity index (χ1) is 16.4. The molecule has 0 aromatic heterocycles. The van der Waals surface area contributed by atoms with E-state index in [4.69, 9.17) is 14.2 Å². The number of methoxy groups -OCH3 is 2. The molecule has 0 fully saturated rings. The summed E-state index contributed by atoms with van der Waals surface area (Å²) in [5, 5.41) is 4.25. The van der Waals surface area contributed by atoms with Gasteiger partial charge in [-0.15, -0.1) is 0 Å². The quantitative estimate of drug-likeness (QED) is 0.258. The summed E-state index contributed by atoms with van der Waals surface area (Å²) < 4.78 is 15.2. The van der Waals surface area contributed by atoms with E-state index in [1.807, 2.05) is 12.1 Å². The van der Waals surface area contributed by atoms with Gasteiger partial charge in [-0.1, -0.05) is 60.7 Å². The molecule has 1 heterocycles. The van der Waals surface area contributed by atoms with Crippen LogP contribution >= 0.6 is 0 Å². The molecule has 4 rings (SSSR count). The van der Waals surface area contributed by atoms with E-state index in [0.717, 1.165) is 19.6 Å². The van der Waals surface area contributed by atoms with Crippen LogP contribution in [0.25, 0.3) is 10.8 Å². The molecule has 8 heteroatoms. The molecule has 0 amide bonds. The summed E-state index contributed by atoms with van der Waals surface area (Å²) >= 11 is 0. The van der Waals surface area contributed by atoms with Crippen LogP contribution in [0.1, 0.15) is 18.1 Å². The second-order valence-corrected chi connectivity index (χ2v) is 7.73. The number of ketones is 1. The first kappa shape index (κ1) is 23.0. The van der Waals surface area contributed by atoms with Crippen LogP contribution in [0.2, 0.25) is 0 Å². The molecule has 8 nitrogen and oxygen atoms in total. The van der Waals surface area contributed by atoms with Crippen LogP contribution in [-0.4, -0.2) is 50.1 Å². The number of benzene rings is 3. The molecule has 1 aliphatic rings. The third-order valence-electron chi connectivity index (χ3n) is 6.18. The Hall–Kier alpha value is -4.20. The van der Waals surface area contributed by atoms with Gasteiger partial charge in [-0.3, -0.25) is 4.79 Å². The van der Waals surface area contributed by atoms with Crippen LogP contribution in [0.4, 0.5) is 5.69 Å². The number of fused-ring (bicyclic) bond motifs is 3. The van der Waals surface area contributed by atoms with Gasteiger partial charge in [-0.2, -0.15) is 0 Å². The standard InChI is InChI=1S/C26H23NO7/c1-4-34-22(29)21(28)25(17-11-6-5-7-12-17)20-18-13-9-8-10-16(18)14-15-19(20)27-26(25,23(30)32-2)24(31)33-3/h5-15,27H,4H2,1-3H3. The largest absolute Gasteiger partial charge is 0.467 e. The second kappa shape index (κ2) is 8.62. The topological polar surface area (TPSA) is 108 Å². The van der Waals surface area contributed by atoms with Crippen molar-refractivity contribution in [3.05, 3.63) is 77.9 Å². The predicted molar refractivity (Wildman–Crippen MR) is 123 cm³/mol. The van der Waals surface area contributed by atoms with Gasteiger partial charge in [0.15, 0.2) is 0 Å². The Morgan fingerprint density at radius 2 is 1.44 bits per heavy atom. The fourth-order valence-electron chi connectivity index (χ4n) is 4.87. The molecular formula is C26H23NO7. The fraction of sp³-hybridized carbons (Fsp3) is 0.231. The summed E-state index contributed by atoms with van der Waals surface area (Å²) in [4.78, 5) is 54.3. The number of Topliss-reactive ketones (excluding diaryl/α,β-unsaturated/α-hetero) is 1. The van der Waals surface area contributed by atoms with E-state index in [-0.39, 0.29) is 17.7 Å². The van der Waals surface area contributed by atoms with E-state index in [2.05, 4.69) is 5.32 Å². The van der Waals surface area contributed by atoms with E-state index < -0.39 is 34.6 Å². The molecule has 0 bridgehead atoms. The number of hydrogen-bond acceptors (Lipinski definition) is 8. The van der Waals surface area contributed by atoms with Crippen molar-refractivity contribution in [2.45, 2.75) is 17.9 Å². The predicted octanol–water partition coefficient (Wildman–Crippen LogP) is 2.77. The van der Waals surface area contributed by atoms with Gasteiger partial charge in [-0.25, -0.2) is 14.4 Å². The molecule has 0 saturated carbocycles. The first-order valence-electron chi connectivity index (χ1n) is 10.6. The molecule has 1 aliphatic heterocycles. The summed E-state index contributed by atoms with van der Waals surface area (Å²) in [5.74, 6) is -4.45. The number of ether oxygens (including phenoxy) is 3. The molecule has 0 saturated heterocycles. The number of carbonyl (C=O) groups excluding carboxylic acids is 4. The Morgan fingerprint density at radius 3 is 2.06 bits per heavy atom. The van der Waals surface area contributed by atoms with Crippen molar-refractivity contribution in [2.75, 3.05) is 26.1 Å². The lowest BCUT2D eigenvalue weighted by Gasteiger charge is -2.40. The zero-order chi connectivity index (χ0) is 24.5. The lowest BCUT2D eigenvalue weighted by molar-refractivity contribution is -0.167. The van der Waals surface area contributed by atoms with Crippen LogP contribution in [0.3, 0.4) is 0 Å². The highest BCUT2D eigenvalue weighted by Gasteiger charge is 2.74. The van der Waals surface area contributed by atoms with Crippen molar-refractivity contribution in [3.63, 3.8) is 0 Å². The Bertz CT molecular complexity index is 1290. The van der Waals surface area contributed by atoms with Gasteiger partial charge in [0.25, 0.3) is 11.3 Å². The zero-order valence-corrected chi connectivity index (χ0v) is 18.9. The molecule has 174 valence electrons. The lowest BCUT2D eigenvalue weighted by Crippen LogP contribution is -2.68. The van der Waals surface area contributed by atoms with Crippen molar-refractivity contribution in [1.82, 2.24) is 0 Å². The monoisotopic (exact) mass is 461 g/mol. The van der Waals surface area contributed by atoms with Crippen LogP contribution in [-0.2, 0) is 38.8 Å². The average Bonchev–Trinajstić information content (AvgIpc) is 3.21. The van der Waals surface area contributed by atoms with E-state index in [9.17, 15) is 19.2 Å². The SMILES string of the molecule is CCOC(=O)C(=O)C1(c2ccccc2)c2c(ccc3ccccc23)NC1(C(=O)OC)C(=O)OC. The summed E-state index contributed by atoms with van der Waals surface area (Å²) in [6.07, 6.45) is 0. The van der Waals surface area contributed by atoms with Gasteiger partial charge in [-0.05, 0) is 29.3 Å². The Morgan fingerprint density at radius 1 is 0.824 bits per heavy atom. The summed E-state index contributed by atoms with van der Waals surface area (Å²) in [6, 6.07) is 18.8. The van der Waals surface area contributed by atoms with Crippen molar-refractivity contribution in [2.24, 2.45) is 0 Å². The number of nitrogens with one attached hydrogen (secondary N) is 1. The van der Waals surface area contributed by atoms with E-state index in [1.165, 1.54) is 0 Å². The number of hydrogen-bond donors (Lipinski definition) is 1. The number of rotatable bonds is 6. The fourth-order valence-corrected chi connectivity index (χ4v) is 4.87. The first-order valence-corrected chi connectivity index (χ1v) is 10.6. The highest BCUT2D eigenvalue weighted by Crippen LogP contribution is 2.56. The maximum atomic E-state index is 14.2. The Kier molecular flexibility index (Phi) is 5.83. The van der Waals surface area contributed by atoms with Crippen LogP contribution in [0, 0.1) is 0 Å². The van der Waals surface area contributed by atoms with Gasteiger partial charge >= 0.3 is 17.9 Å². The van der Waals surface area contributed by atoms with Crippen LogP contribution < -0.4 is 5.32 Å². The maximum absolute atomic E-state index is 14.2. The normalized spacial score (nSPS) is 17.9. The molecule has 3 aromatic carbocycles. The Labute approximate surface area is 195 Å². The third-order valence-corrected chi connectivity index (χ3v) is 6.18. The van der Waals surface area contributed by atoms with Crippen LogP contribution in [0.5, 0.6) is 0 Å². The minimum atomic E-state index is -2.44. The van der Waals surface area contributed by atoms with Crippen molar-refractivity contribution >= 4 is 40.2 Å². The smallest absolute Gasteiger partial charge is 0.376 e. The van der Waals surface area contributed by atoms with Gasteiger partial charge in [0.05, 0.1) is 20.8 Å². The summed E-state index contributed by atoms with van der Waals surface area (Å²) in [6.45, 7) is 1.49. The third kappa shape index (κ3) is 2.91. The molecule has 1 N–H and O–H groups in total. The minimum Gasteiger partial charge on any atom is -0.467 e. The Balaban J connectivity index is 2.27. The van der Waals surface area contributed by atoms with E-state index in [0.29, 0.717) is 11.1 Å². The lowest BCUT2D eigenvalue weighted by atomic mass is 9.60. The molecule has 34 heavy (non-hydrogen) atoms. The summed E-state index contributed by atoms with van der Waals surface area (Å²) in [7, 11) is 2.20. The van der Waals surface area contributed by atoms with Gasteiger partial charge in [0.1, 0.15) is 5.41 Å². The van der Waals surface area contributed by atoms with Crippen molar-refractivity contribution in [3.8, 4) is 0 Å². The van der Waals surface area contributed by atoms with Gasteiger partial charge in [0.2, 0.25) is 0 Å². The molecule has 0 spiro atoms. The average molecular weight is 461 g/mol. The van der Waals surface area contributed by atoms with Crippen molar-refractivity contribution in [1.29, 1.82) is 0 Å². The van der Waals surface area contributed by atoms with Gasteiger partial charge < -0.3 is 19.5 Å². The molecule has 0 radical (unpaired) electrons. The number of carbonyl (C=O) groups is 4. The molecule has 1 unspecified atom stereocenters. The van der Waals surface area contributed by atoms with E-state index in [1.54, 1.807) is 61.5 Å². The van der Waals surface area contributed by atoms with E-state index >= 15 is 0 Å². The summed E-state index contributed by atoms with van der Waals surface area (Å²) in [5.41, 5.74) is -3.79. The highest BCUT2D eigenvalue weighted by molar-refractivity contribution is 6.42. The molecule has 1 atom stereocenters. The molecule has 0 aliphatic carbocycles. The molecular weight excluding hydrogens is 438 g/mol. The number of anilines is 1. The maximum Gasteiger partial charge on any atom is 0.376 e. The van der Waals surface area contributed by atoms with Gasteiger partial charge in [0, 0.05) is 11.3 Å². The number of esters is 3.